The number of likely N-dealkylation sites (tertiary alicyclic amines) is 2. The van der Waals surface area contributed by atoms with Crippen LogP contribution in [0.1, 0.15) is 94.1 Å². The molecule has 228 valence electrons. The molecule has 2 aromatic carbocycles. The van der Waals surface area contributed by atoms with Crippen molar-refractivity contribution in [1.82, 2.24) is 24.4 Å². The Morgan fingerprint density at radius 3 is 2.60 bits per heavy atom. The average molecular weight is 606 g/mol. The molecule has 0 radical (unpaired) electrons. The topological polar surface area (TPSA) is 80.0 Å². The minimum absolute atomic E-state index is 0.162. The van der Waals surface area contributed by atoms with Gasteiger partial charge < -0.3 is 14.5 Å². The van der Waals surface area contributed by atoms with Crippen molar-refractivity contribution >= 4 is 38.4 Å². The number of thiazole rings is 1. The lowest BCUT2D eigenvalue weighted by Gasteiger charge is -2.29. The van der Waals surface area contributed by atoms with Crippen LogP contribution in [0.3, 0.4) is 0 Å². The van der Waals surface area contributed by atoms with E-state index in [0.29, 0.717) is 34.9 Å². The van der Waals surface area contributed by atoms with Crippen molar-refractivity contribution in [3.05, 3.63) is 53.3 Å². The highest BCUT2D eigenvalue weighted by Gasteiger charge is 2.33. The summed E-state index contributed by atoms with van der Waals surface area (Å²) in [6.07, 6.45) is 7.63. The molecule has 4 aromatic rings. The first-order valence-electron chi connectivity index (χ1n) is 15.5. The maximum Gasteiger partial charge on any atom is 0.410 e. The van der Waals surface area contributed by atoms with Crippen LogP contribution in [0, 0.1) is 5.82 Å². The van der Waals surface area contributed by atoms with Gasteiger partial charge in [0.2, 0.25) is 4.96 Å². The van der Waals surface area contributed by atoms with Crippen LogP contribution >= 0.6 is 11.3 Å². The van der Waals surface area contributed by atoms with Crippen LogP contribution in [0.25, 0.3) is 26.6 Å². The van der Waals surface area contributed by atoms with Crippen molar-refractivity contribution in [3.8, 4) is 11.4 Å². The van der Waals surface area contributed by atoms with Crippen molar-refractivity contribution in [3.63, 3.8) is 0 Å². The van der Waals surface area contributed by atoms with Gasteiger partial charge in [-0.3, -0.25) is 4.79 Å². The summed E-state index contributed by atoms with van der Waals surface area (Å²) in [6.45, 7) is 9.56. The summed E-state index contributed by atoms with van der Waals surface area (Å²) in [5.74, 6) is 0.0423. The van der Waals surface area contributed by atoms with Gasteiger partial charge in [-0.05, 0) is 115 Å². The number of benzene rings is 2. The van der Waals surface area contributed by atoms with Gasteiger partial charge in [0.15, 0.2) is 11.6 Å². The molecular formula is C33H40FN5O3S. The smallest absolute Gasteiger partial charge is 0.410 e. The average Bonchev–Trinajstić information content (AvgIpc) is 3.70. The predicted molar refractivity (Wildman–Crippen MR) is 167 cm³/mol. The molecule has 0 bridgehead atoms. The predicted octanol–water partition coefficient (Wildman–Crippen LogP) is 7.66. The summed E-state index contributed by atoms with van der Waals surface area (Å²) in [6, 6.07) is 10.5. The van der Waals surface area contributed by atoms with Gasteiger partial charge in [0.1, 0.15) is 11.4 Å². The van der Waals surface area contributed by atoms with Crippen LogP contribution in [-0.2, 0) is 4.74 Å². The Kier molecular flexibility index (Phi) is 8.51. The third-order valence-electron chi connectivity index (χ3n) is 8.37. The molecule has 1 atom stereocenters. The number of Topliss-reactive ketones (excluding diaryl/α,β-unsaturated/α-hetero) is 1. The first kappa shape index (κ1) is 29.7. The van der Waals surface area contributed by atoms with E-state index in [1.54, 1.807) is 15.5 Å². The van der Waals surface area contributed by atoms with Crippen molar-refractivity contribution in [1.29, 1.82) is 0 Å². The zero-order valence-corrected chi connectivity index (χ0v) is 26.1. The maximum absolute atomic E-state index is 15.5. The van der Waals surface area contributed by atoms with Crippen LogP contribution in [0.2, 0.25) is 0 Å². The third-order valence-corrected chi connectivity index (χ3v) is 9.36. The largest absolute Gasteiger partial charge is 0.444 e. The molecular weight excluding hydrogens is 565 g/mol. The van der Waals surface area contributed by atoms with Gasteiger partial charge in [-0.1, -0.05) is 23.8 Å². The summed E-state index contributed by atoms with van der Waals surface area (Å²) in [7, 11) is 0. The van der Waals surface area contributed by atoms with Gasteiger partial charge in [-0.25, -0.2) is 13.7 Å². The van der Waals surface area contributed by atoms with E-state index >= 15 is 4.39 Å². The Balaban J connectivity index is 1.13. The second-order valence-electron chi connectivity index (χ2n) is 12.8. The van der Waals surface area contributed by atoms with Crippen molar-refractivity contribution in [2.75, 3.05) is 26.2 Å². The standard InChI is InChI=1S/C33H40FN5O3S/c1-33(2,3)42-32(41)38-19-9-10-26(38)22-12-14-24(25(34)20-22)30-35-31-39(36-30)27-15-13-23(21-29(27)43-31)28(40)11-5-8-18-37-16-6-4-7-17-37/h12-15,20-21,26H,4-11,16-19H2,1-3H3. The zero-order chi connectivity index (χ0) is 30.1. The van der Waals surface area contributed by atoms with E-state index < -0.39 is 11.4 Å². The number of piperidine rings is 1. The number of rotatable bonds is 8. The Bertz CT molecular complexity index is 1630. The number of carbonyl (C=O) groups is 2. The number of hydrogen-bond acceptors (Lipinski definition) is 7. The summed E-state index contributed by atoms with van der Waals surface area (Å²) < 4.78 is 23.7. The van der Waals surface area contributed by atoms with E-state index in [9.17, 15) is 9.59 Å². The molecule has 0 saturated carbocycles. The Morgan fingerprint density at radius 1 is 1.02 bits per heavy atom. The van der Waals surface area contributed by atoms with E-state index in [0.717, 1.165) is 48.0 Å². The van der Waals surface area contributed by atoms with Crippen LogP contribution in [0.15, 0.2) is 36.4 Å². The van der Waals surface area contributed by atoms with Crippen molar-refractivity contribution < 1.29 is 18.7 Å². The number of carbonyl (C=O) groups excluding carboxylic acids is 2. The van der Waals surface area contributed by atoms with Crippen LogP contribution in [0.5, 0.6) is 0 Å². The van der Waals surface area contributed by atoms with E-state index in [4.69, 9.17) is 4.74 Å². The van der Waals surface area contributed by atoms with Crippen LogP contribution in [-0.4, -0.2) is 68.1 Å². The third kappa shape index (κ3) is 6.60. The fourth-order valence-corrected chi connectivity index (χ4v) is 7.20. The highest BCUT2D eigenvalue weighted by molar-refractivity contribution is 7.23. The number of halogens is 1. The van der Waals surface area contributed by atoms with Gasteiger partial charge in [-0.2, -0.15) is 4.98 Å². The maximum atomic E-state index is 15.5. The molecule has 2 aliphatic rings. The number of aromatic nitrogens is 3. The van der Waals surface area contributed by atoms with E-state index in [2.05, 4.69) is 15.0 Å². The zero-order valence-electron chi connectivity index (χ0n) is 25.3. The minimum Gasteiger partial charge on any atom is -0.444 e. The second-order valence-corrected chi connectivity index (χ2v) is 13.8. The number of hydrogen-bond donors (Lipinski definition) is 0. The van der Waals surface area contributed by atoms with Gasteiger partial charge in [0, 0.05) is 18.5 Å². The molecule has 6 rings (SSSR count). The monoisotopic (exact) mass is 605 g/mol. The normalized spacial score (nSPS) is 18.1. The Morgan fingerprint density at radius 2 is 1.84 bits per heavy atom. The molecule has 10 heteroatoms. The Hall–Kier alpha value is -3.37. The molecule has 2 fully saturated rings. The highest BCUT2D eigenvalue weighted by Crippen LogP contribution is 2.36. The number of amides is 1. The van der Waals surface area contributed by atoms with Crippen LogP contribution in [0.4, 0.5) is 9.18 Å². The van der Waals surface area contributed by atoms with E-state index in [1.165, 1.54) is 49.8 Å². The van der Waals surface area contributed by atoms with Gasteiger partial charge in [0.25, 0.3) is 0 Å². The molecule has 43 heavy (non-hydrogen) atoms. The minimum atomic E-state index is -0.591. The molecule has 4 heterocycles. The number of ether oxygens (including phenoxy) is 1. The SMILES string of the molecule is CC(C)(C)OC(=O)N1CCCC1c1ccc(-c2nc3sc4cc(C(=O)CCCCN5CCCCC5)ccc4n3n2)c(F)c1. The summed E-state index contributed by atoms with van der Waals surface area (Å²) >= 11 is 1.44. The molecule has 0 spiro atoms. The fourth-order valence-electron chi connectivity index (χ4n) is 6.20. The molecule has 8 nitrogen and oxygen atoms in total. The fraction of sp³-hybridized carbons (Fsp3) is 0.515. The molecule has 2 saturated heterocycles. The molecule has 0 aliphatic carbocycles. The van der Waals surface area contributed by atoms with Crippen molar-refractivity contribution in [2.24, 2.45) is 0 Å². The number of unbranched alkanes of at least 4 members (excludes halogenated alkanes) is 1. The molecule has 0 N–H and O–H groups in total. The van der Waals surface area contributed by atoms with E-state index in [-0.39, 0.29) is 17.9 Å². The molecule has 1 amide bonds. The lowest BCUT2D eigenvalue weighted by atomic mass is 10.0. The summed E-state index contributed by atoms with van der Waals surface area (Å²) in [5, 5.41) is 4.62. The first-order chi connectivity index (χ1) is 20.7. The van der Waals surface area contributed by atoms with E-state index in [1.807, 2.05) is 45.0 Å². The number of nitrogens with zero attached hydrogens (tertiary/aromatic N) is 5. The Labute approximate surface area is 255 Å². The van der Waals surface area contributed by atoms with Crippen molar-refractivity contribution in [2.45, 2.75) is 83.8 Å². The number of ketones is 1. The number of fused-ring (bicyclic) bond motifs is 3. The van der Waals surface area contributed by atoms with Gasteiger partial charge in [-0.15, -0.1) is 5.10 Å². The molecule has 1 unspecified atom stereocenters. The lowest BCUT2D eigenvalue weighted by molar-refractivity contribution is 0.0224. The second kappa shape index (κ2) is 12.3. The summed E-state index contributed by atoms with van der Waals surface area (Å²) in [4.78, 5) is 35.1. The van der Waals surface area contributed by atoms with Gasteiger partial charge >= 0.3 is 6.09 Å². The summed E-state index contributed by atoms with van der Waals surface area (Å²) in [5.41, 5.74) is 2.01. The highest BCUT2D eigenvalue weighted by atomic mass is 32.1. The first-order valence-corrected chi connectivity index (χ1v) is 16.3. The lowest BCUT2D eigenvalue weighted by Crippen LogP contribution is -2.36. The van der Waals surface area contributed by atoms with Crippen LogP contribution < -0.4 is 0 Å². The quantitative estimate of drug-likeness (QED) is 0.152. The molecule has 2 aliphatic heterocycles. The molecule has 2 aromatic heterocycles. The van der Waals surface area contributed by atoms with Gasteiger partial charge in [0.05, 0.1) is 21.8 Å².